The van der Waals surface area contributed by atoms with Gasteiger partial charge in [0, 0.05) is 12.2 Å². The number of aromatic hydroxyl groups is 1. The molecule has 0 bridgehead atoms. The molecule has 0 heterocycles. The van der Waals surface area contributed by atoms with E-state index in [1.165, 1.54) is 37.5 Å². The smallest absolute Gasteiger partial charge is 0.408 e. The van der Waals surface area contributed by atoms with Gasteiger partial charge < -0.3 is 35.8 Å². The molecule has 0 saturated carbocycles. The number of phenols is 1. The minimum Gasteiger partial charge on any atom is -0.508 e. The van der Waals surface area contributed by atoms with Crippen LogP contribution >= 0.6 is 0 Å². The summed E-state index contributed by atoms with van der Waals surface area (Å²) in [4.78, 5) is 52.7. The molecule has 2 aromatic rings. The van der Waals surface area contributed by atoms with Crippen LogP contribution < -0.4 is 21.1 Å². The van der Waals surface area contributed by atoms with E-state index in [1.807, 2.05) is 0 Å². The zero-order chi connectivity index (χ0) is 28.5. The van der Waals surface area contributed by atoms with Crippen molar-refractivity contribution in [1.29, 1.82) is 0 Å². The van der Waals surface area contributed by atoms with Crippen molar-refractivity contribution in [3.63, 3.8) is 0 Å². The van der Waals surface area contributed by atoms with Crippen molar-refractivity contribution in [2.75, 3.05) is 19.0 Å². The van der Waals surface area contributed by atoms with E-state index >= 15 is 0 Å². The second-order valence-electron chi connectivity index (χ2n) is 9.36. The van der Waals surface area contributed by atoms with Crippen molar-refractivity contribution >= 4 is 29.5 Å². The second-order valence-corrected chi connectivity index (χ2v) is 9.36. The number of benzene rings is 2. The molecule has 11 nitrogen and oxygen atoms in total. The topological polar surface area (TPSA) is 160 Å². The highest BCUT2D eigenvalue weighted by Crippen LogP contribution is 2.27. The fourth-order valence-electron chi connectivity index (χ4n) is 3.53. The highest BCUT2D eigenvalue weighted by atomic mass is 16.6. The van der Waals surface area contributed by atoms with Gasteiger partial charge in [-0.15, -0.1) is 6.58 Å². The fourth-order valence-corrected chi connectivity index (χ4v) is 3.53. The van der Waals surface area contributed by atoms with Crippen LogP contribution in [-0.2, 0) is 19.1 Å². The molecule has 2 aromatic carbocycles. The van der Waals surface area contributed by atoms with E-state index in [0.717, 1.165) is 4.90 Å². The third-order valence-electron chi connectivity index (χ3n) is 5.13. The Labute approximate surface area is 221 Å². The van der Waals surface area contributed by atoms with Crippen LogP contribution in [0.1, 0.15) is 38.8 Å². The Morgan fingerprint density at radius 2 is 1.68 bits per heavy atom. The Morgan fingerprint density at radius 3 is 2.18 bits per heavy atom. The van der Waals surface area contributed by atoms with Gasteiger partial charge in [-0.25, -0.2) is 4.79 Å². The van der Waals surface area contributed by atoms with Crippen LogP contribution in [0.3, 0.4) is 0 Å². The lowest BCUT2D eigenvalue weighted by molar-refractivity contribution is -0.141. The van der Waals surface area contributed by atoms with Crippen LogP contribution in [0.15, 0.2) is 61.2 Å². The third kappa shape index (κ3) is 8.84. The van der Waals surface area contributed by atoms with Gasteiger partial charge in [0.25, 0.3) is 5.91 Å². The van der Waals surface area contributed by atoms with Crippen molar-refractivity contribution in [3.05, 3.63) is 66.7 Å². The maximum atomic E-state index is 13.7. The van der Waals surface area contributed by atoms with Gasteiger partial charge in [0.05, 0.1) is 13.5 Å². The number of nitrogens with two attached hydrogens (primary N) is 1. The first kappa shape index (κ1) is 29.7. The number of amides is 4. The standard InChI is InChI=1S/C27H34N4O7/c1-6-15-31(25(35)21(16-22(28)33)30-26(36)38-27(2,3)4)23(17-7-11-19(32)12-8-17)24(34)29-18-9-13-20(37-5)14-10-18/h6-14,21,23,32H,1,15-16H2,2-5H3,(H2,28,33)(H,29,34)(H,30,36). The Bertz CT molecular complexity index is 1140. The number of nitrogens with zero attached hydrogens (tertiary/aromatic N) is 1. The summed E-state index contributed by atoms with van der Waals surface area (Å²) in [6.45, 7) is 8.50. The number of carbonyl (C=O) groups is 4. The Balaban J connectivity index is 2.48. The first-order valence-corrected chi connectivity index (χ1v) is 11.8. The average Bonchev–Trinajstić information content (AvgIpc) is 2.83. The number of ether oxygens (including phenoxy) is 2. The Kier molecular flexibility index (Phi) is 10.3. The average molecular weight is 527 g/mol. The lowest BCUT2D eigenvalue weighted by atomic mass is 10.0. The predicted molar refractivity (Wildman–Crippen MR) is 141 cm³/mol. The molecule has 204 valence electrons. The molecule has 38 heavy (non-hydrogen) atoms. The van der Waals surface area contributed by atoms with Crippen molar-refractivity contribution in [1.82, 2.24) is 10.2 Å². The van der Waals surface area contributed by atoms with Crippen molar-refractivity contribution in [2.45, 2.75) is 44.9 Å². The maximum absolute atomic E-state index is 13.7. The molecule has 2 rings (SSSR count). The molecule has 2 atom stereocenters. The summed E-state index contributed by atoms with van der Waals surface area (Å²) >= 11 is 0. The largest absolute Gasteiger partial charge is 0.508 e. The molecule has 5 N–H and O–H groups in total. The lowest BCUT2D eigenvalue weighted by Crippen LogP contribution is -2.53. The first-order valence-electron chi connectivity index (χ1n) is 11.8. The Hall–Kier alpha value is -4.54. The van der Waals surface area contributed by atoms with E-state index in [0.29, 0.717) is 17.0 Å². The normalized spacial score (nSPS) is 12.4. The number of methoxy groups -OCH3 is 1. The third-order valence-corrected chi connectivity index (χ3v) is 5.13. The number of rotatable bonds is 11. The number of hydrogen-bond donors (Lipinski definition) is 4. The molecule has 0 aliphatic rings. The van der Waals surface area contributed by atoms with Gasteiger partial charge in [-0.1, -0.05) is 18.2 Å². The van der Waals surface area contributed by atoms with Gasteiger partial charge in [0.15, 0.2) is 0 Å². The Morgan fingerprint density at radius 1 is 1.08 bits per heavy atom. The molecule has 0 spiro atoms. The molecule has 0 aliphatic carbocycles. The van der Waals surface area contributed by atoms with E-state index in [2.05, 4.69) is 17.2 Å². The number of carbonyl (C=O) groups excluding carboxylic acids is 4. The van der Waals surface area contributed by atoms with Crippen molar-refractivity contribution in [2.24, 2.45) is 5.73 Å². The van der Waals surface area contributed by atoms with Gasteiger partial charge in [0.1, 0.15) is 29.2 Å². The van der Waals surface area contributed by atoms with Crippen LogP contribution in [0.2, 0.25) is 0 Å². The van der Waals surface area contributed by atoms with E-state index in [1.54, 1.807) is 45.0 Å². The number of alkyl carbamates (subject to hydrolysis) is 1. The number of phenolic OH excluding ortho intramolecular Hbond substituents is 1. The van der Waals surface area contributed by atoms with E-state index in [9.17, 15) is 24.3 Å². The molecule has 11 heteroatoms. The first-order chi connectivity index (χ1) is 17.8. The predicted octanol–water partition coefficient (Wildman–Crippen LogP) is 2.86. The lowest BCUT2D eigenvalue weighted by Gasteiger charge is -2.33. The van der Waals surface area contributed by atoms with Gasteiger partial charge in [-0.3, -0.25) is 14.4 Å². The van der Waals surface area contributed by atoms with E-state index in [4.69, 9.17) is 15.2 Å². The highest BCUT2D eigenvalue weighted by molar-refractivity contribution is 5.99. The van der Waals surface area contributed by atoms with Gasteiger partial charge in [0.2, 0.25) is 11.8 Å². The summed E-state index contributed by atoms with van der Waals surface area (Å²) in [5, 5.41) is 14.9. The minimum atomic E-state index is -1.42. The number of primary amides is 1. The zero-order valence-corrected chi connectivity index (χ0v) is 21.9. The summed E-state index contributed by atoms with van der Waals surface area (Å²) in [6, 6.07) is 9.64. The van der Waals surface area contributed by atoms with Crippen LogP contribution in [0, 0.1) is 0 Å². The molecule has 0 radical (unpaired) electrons. The van der Waals surface area contributed by atoms with Gasteiger partial charge >= 0.3 is 6.09 Å². The van der Waals surface area contributed by atoms with E-state index in [-0.39, 0.29) is 12.3 Å². The molecule has 2 unspecified atom stereocenters. The molecular formula is C27H34N4O7. The molecule has 0 aliphatic heterocycles. The summed E-state index contributed by atoms with van der Waals surface area (Å²) in [5.74, 6) is -1.66. The molecule has 0 fully saturated rings. The SMILES string of the molecule is C=CCN(C(=O)C(CC(N)=O)NC(=O)OC(C)(C)C)C(C(=O)Nc1ccc(OC)cc1)c1ccc(O)cc1. The molecule has 4 amide bonds. The number of nitrogens with one attached hydrogen (secondary N) is 2. The van der Waals surface area contributed by atoms with Crippen molar-refractivity contribution < 1.29 is 33.8 Å². The fraction of sp³-hybridized carbons (Fsp3) is 0.333. The summed E-state index contributed by atoms with van der Waals surface area (Å²) < 4.78 is 10.4. The monoisotopic (exact) mass is 526 g/mol. The molecule has 0 saturated heterocycles. The number of hydrogen-bond acceptors (Lipinski definition) is 7. The second kappa shape index (κ2) is 13.1. The summed E-state index contributed by atoms with van der Waals surface area (Å²) in [7, 11) is 1.51. The van der Waals surface area contributed by atoms with Crippen molar-refractivity contribution in [3.8, 4) is 11.5 Å². The summed E-state index contributed by atoms with van der Waals surface area (Å²) in [6.07, 6.45) is -0.0611. The molecule has 0 aromatic heterocycles. The van der Waals surface area contributed by atoms with Crippen LogP contribution in [0.4, 0.5) is 10.5 Å². The zero-order valence-electron chi connectivity index (χ0n) is 21.9. The van der Waals surface area contributed by atoms with Crippen LogP contribution in [0.25, 0.3) is 0 Å². The minimum absolute atomic E-state index is 0.0390. The van der Waals surface area contributed by atoms with Gasteiger partial charge in [-0.05, 0) is 62.7 Å². The molecular weight excluding hydrogens is 492 g/mol. The highest BCUT2D eigenvalue weighted by Gasteiger charge is 2.36. The number of anilines is 1. The van der Waals surface area contributed by atoms with Crippen LogP contribution in [-0.4, -0.2) is 59.1 Å². The van der Waals surface area contributed by atoms with E-state index < -0.39 is 47.9 Å². The van der Waals surface area contributed by atoms with Gasteiger partial charge in [-0.2, -0.15) is 0 Å². The van der Waals surface area contributed by atoms with Crippen LogP contribution in [0.5, 0.6) is 11.5 Å². The summed E-state index contributed by atoms with van der Waals surface area (Å²) in [5.41, 5.74) is 5.29. The quantitative estimate of drug-likeness (QED) is 0.327. The maximum Gasteiger partial charge on any atom is 0.408 e.